The number of hydrogen-bond acceptors (Lipinski definition) is 1. The predicted molar refractivity (Wildman–Crippen MR) is 51.0 cm³/mol. The minimum Gasteiger partial charge on any atom is -0.370 e. The highest BCUT2D eigenvalue weighted by atomic mass is 15.2. The molecule has 0 bridgehead atoms. The Morgan fingerprint density at radius 1 is 1.33 bits per heavy atom. The van der Waals surface area contributed by atoms with E-state index in [0.717, 1.165) is 24.9 Å². The van der Waals surface area contributed by atoms with Crippen molar-refractivity contribution in [3.63, 3.8) is 0 Å². The third kappa shape index (κ3) is 1.71. The van der Waals surface area contributed by atoms with E-state index in [1.54, 1.807) is 0 Å². The van der Waals surface area contributed by atoms with Gasteiger partial charge in [-0.3, -0.25) is 5.41 Å². The van der Waals surface area contributed by atoms with Gasteiger partial charge in [0.15, 0.2) is 5.96 Å². The summed E-state index contributed by atoms with van der Waals surface area (Å²) in [5.74, 6) is 1.74. The van der Waals surface area contributed by atoms with Crippen molar-refractivity contribution in [1.82, 2.24) is 4.90 Å². The molecule has 0 radical (unpaired) electrons. The molecular formula is C9H19N3. The first-order valence-corrected chi connectivity index (χ1v) is 4.78. The van der Waals surface area contributed by atoms with Crippen LogP contribution in [0.1, 0.15) is 26.7 Å². The average molecular weight is 169 g/mol. The third-order valence-corrected chi connectivity index (χ3v) is 2.97. The topological polar surface area (TPSA) is 53.1 Å². The van der Waals surface area contributed by atoms with Gasteiger partial charge < -0.3 is 10.6 Å². The van der Waals surface area contributed by atoms with E-state index >= 15 is 0 Å². The quantitative estimate of drug-likeness (QED) is 0.483. The zero-order valence-electron chi connectivity index (χ0n) is 8.01. The van der Waals surface area contributed by atoms with Crippen LogP contribution in [-0.2, 0) is 0 Å². The molecule has 0 saturated carbocycles. The first-order chi connectivity index (χ1) is 5.69. The van der Waals surface area contributed by atoms with E-state index in [1.807, 2.05) is 4.90 Å². The molecule has 12 heavy (non-hydrogen) atoms. The maximum atomic E-state index is 7.33. The normalized spacial score (nSPS) is 29.3. The lowest BCUT2D eigenvalue weighted by molar-refractivity contribution is 0.397. The Morgan fingerprint density at radius 3 is 2.00 bits per heavy atom. The van der Waals surface area contributed by atoms with Crippen molar-refractivity contribution in [1.29, 1.82) is 5.41 Å². The highest BCUT2D eigenvalue weighted by Gasteiger charge is 2.30. The van der Waals surface area contributed by atoms with Crippen LogP contribution in [0.15, 0.2) is 0 Å². The van der Waals surface area contributed by atoms with Crippen LogP contribution in [0.2, 0.25) is 0 Å². The molecule has 1 aliphatic heterocycles. The Kier molecular flexibility index (Phi) is 2.95. The van der Waals surface area contributed by atoms with Gasteiger partial charge in [-0.1, -0.05) is 26.7 Å². The molecule has 0 amide bonds. The Hall–Kier alpha value is -0.730. The lowest BCUT2D eigenvalue weighted by Gasteiger charge is -2.14. The molecule has 1 fully saturated rings. The fourth-order valence-electron chi connectivity index (χ4n) is 2.06. The van der Waals surface area contributed by atoms with Gasteiger partial charge >= 0.3 is 0 Å². The Morgan fingerprint density at radius 2 is 1.75 bits per heavy atom. The van der Waals surface area contributed by atoms with E-state index < -0.39 is 0 Å². The molecule has 70 valence electrons. The predicted octanol–water partition coefficient (Wildman–Crippen LogP) is 1.25. The van der Waals surface area contributed by atoms with Crippen molar-refractivity contribution in [2.45, 2.75) is 26.7 Å². The Bertz CT molecular complexity index is 155. The van der Waals surface area contributed by atoms with Crippen LogP contribution in [0, 0.1) is 17.2 Å². The van der Waals surface area contributed by atoms with Gasteiger partial charge in [-0.2, -0.15) is 0 Å². The second-order valence-electron chi connectivity index (χ2n) is 3.63. The fraction of sp³-hybridized carbons (Fsp3) is 0.889. The Labute approximate surface area is 74.4 Å². The summed E-state index contributed by atoms with van der Waals surface area (Å²) in [5.41, 5.74) is 5.44. The molecular weight excluding hydrogens is 150 g/mol. The smallest absolute Gasteiger partial charge is 0.188 e. The molecule has 2 atom stereocenters. The monoisotopic (exact) mass is 169 g/mol. The molecule has 3 nitrogen and oxygen atoms in total. The Balaban J connectivity index is 2.53. The average Bonchev–Trinajstić information content (AvgIpc) is 2.46. The van der Waals surface area contributed by atoms with Gasteiger partial charge in [0.25, 0.3) is 0 Å². The zero-order valence-corrected chi connectivity index (χ0v) is 8.01. The van der Waals surface area contributed by atoms with Gasteiger partial charge in [0.05, 0.1) is 0 Å². The lowest BCUT2D eigenvalue weighted by Crippen LogP contribution is -2.34. The van der Waals surface area contributed by atoms with E-state index in [1.165, 1.54) is 12.8 Å². The van der Waals surface area contributed by atoms with Crippen LogP contribution in [0.25, 0.3) is 0 Å². The van der Waals surface area contributed by atoms with Gasteiger partial charge in [0.1, 0.15) is 0 Å². The number of nitrogens with two attached hydrogens (primary N) is 1. The van der Waals surface area contributed by atoms with Crippen LogP contribution in [-0.4, -0.2) is 23.9 Å². The summed E-state index contributed by atoms with van der Waals surface area (Å²) in [6.07, 6.45) is 2.42. The SMILES string of the molecule is CCC1CN(C(=N)N)CC1CC. The van der Waals surface area contributed by atoms with Crippen LogP contribution in [0.3, 0.4) is 0 Å². The molecule has 0 aromatic carbocycles. The number of hydrogen-bond donors (Lipinski definition) is 2. The molecule has 1 saturated heterocycles. The minimum atomic E-state index is 0.240. The lowest BCUT2D eigenvalue weighted by atomic mass is 9.92. The molecule has 1 aliphatic rings. The van der Waals surface area contributed by atoms with Crippen LogP contribution in [0.5, 0.6) is 0 Å². The summed E-state index contributed by atoms with van der Waals surface area (Å²) in [7, 11) is 0. The van der Waals surface area contributed by atoms with Crippen LogP contribution < -0.4 is 5.73 Å². The number of likely N-dealkylation sites (tertiary alicyclic amines) is 1. The van der Waals surface area contributed by atoms with Crippen molar-refractivity contribution < 1.29 is 0 Å². The van der Waals surface area contributed by atoms with E-state index in [0.29, 0.717) is 0 Å². The summed E-state index contributed by atoms with van der Waals surface area (Å²) < 4.78 is 0. The summed E-state index contributed by atoms with van der Waals surface area (Å²) in [4.78, 5) is 1.99. The maximum Gasteiger partial charge on any atom is 0.188 e. The van der Waals surface area contributed by atoms with Gasteiger partial charge in [0.2, 0.25) is 0 Å². The summed E-state index contributed by atoms with van der Waals surface area (Å²) in [6, 6.07) is 0. The molecule has 1 rings (SSSR count). The highest BCUT2D eigenvalue weighted by molar-refractivity contribution is 5.74. The van der Waals surface area contributed by atoms with Crippen LogP contribution >= 0.6 is 0 Å². The first kappa shape index (κ1) is 9.36. The van der Waals surface area contributed by atoms with Gasteiger partial charge in [-0.05, 0) is 11.8 Å². The second kappa shape index (κ2) is 3.78. The molecule has 0 aliphatic carbocycles. The zero-order chi connectivity index (χ0) is 9.14. The van der Waals surface area contributed by atoms with Crippen molar-refractivity contribution in [2.24, 2.45) is 17.6 Å². The van der Waals surface area contributed by atoms with E-state index in [-0.39, 0.29) is 5.96 Å². The van der Waals surface area contributed by atoms with Gasteiger partial charge in [-0.15, -0.1) is 0 Å². The number of guanidine groups is 1. The molecule has 0 aromatic heterocycles. The number of rotatable bonds is 2. The summed E-state index contributed by atoms with van der Waals surface area (Å²) in [5, 5.41) is 7.33. The first-order valence-electron chi connectivity index (χ1n) is 4.78. The second-order valence-corrected chi connectivity index (χ2v) is 3.63. The molecule has 0 aromatic rings. The number of nitrogens with one attached hydrogen (secondary N) is 1. The van der Waals surface area contributed by atoms with E-state index in [4.69, 9.17) is 11.1 Å². The van der Waals surface area contributed by atoms with Crippen molar-refractivity contribution in [3.05, 3.63) is 0 Å². The molecule has 0 spiro atoms. The van der Waals surface area contributed by atoms with E-state index in [9.17, 15) is 0 Å². The van der Waals surface area contributed by atoms with Gasteiger partial charge in [0, 0.05) is 13.1 Å². The third-order valence-electron chi connectivity index (χ3n) is 2.97. The molecule has 3 heteroatoms. The molecule has 1 heterocycles. The summed E-state index contributed by atoms with van der Waals surface area (Å²) in [6.45, 7) is 6.42. The van der Waals surface area contributed by atoms with Crippen molar-refractivity contribution >= 4 is 5.96 Å². The van der Waals surface area contributed by atoms with Crippen molar-refractivity contribution in [2.75, 3.05) is 13.1 Å². The molecule has 3 N–H and O–H groups in total. The fourth-order valence-corrected chi connectivity index (χ4v) is 2.06. The standard InChI is InChI=1S/C9H19N3/c1-3-7-5-12(9(10)11)6-8(7)4-2/h7-8H,3-6H2,1-2H3,(H3,10,11). The van der Waals surface area contributed by atoms with Crippen molar-refractivity contribution in [3.8, 4) is 0 Å². The largest absolute Gasteiger partial charge is 0.370 e. The summed E-state index contributed by atoms with van der Waals surface area (Å²) >= 11 is 0. The molecule has 2 unspecified atom stereocenters. The van der Waals surface area contributed by atoms with Crippen LogP contribution in [0.4, 0.5) is 0 Å². The van der Waals surface area contributed by atoms with Gasteiger partial charge in [-0.25, -0.2) is 0 Å². The van der Waals surface area contributed by atoms with E-state index in [2.05, 4.69) is 13.8 Å². The maximum absolute atomic E-state index is 7.33. The highest BCUT2D eigenvalue weighted by Crippen LogP contribution is 2.27. The number of nitrogens with zero attached hydrogens (tertiary/aromatic N) is 1. The minimum absolute atomic E-state index is 0.240.